The third-order valence-electron chi connectivity index (χ3n) is 5.69. The van der Waals surface area contributed by atoms with Crippen LogP contribution >= 0.6 is 0 Å². The molecule has 6 nitrogen and oxygen atoms in total. The maximum Gasteiger partial charge on any atom is 0.341 e. The highest BCUT2D eigenvalue weighted by Crippen LogP contribution is 2.38. The number of nitrogens with zero attached hydrogens (tertiary/aromatic N) is 2. The molecule has 0 bridgehead atoms. The number of fused-ring (bicyclic) bond motifs is 2. The molecule has 2 N–H and O–H groups in total. The van der Waals surface area contributed by atoms with Crippen LogP contribution in [0.3, 0.4) is 0 Å². The van der Waals surface area contributed by atoms with E-state index in [0.717, 1.165) is 37.2 Å². The van der Waals surface area contributed by atoms with Gasteiger partial charge in [-0.3, -0.25) is 4.79 Å². The normalized spacial score (nSPS) is 19.0. The Bertz CT molecular complexity index is 1190. The minimum absolute atomic E-state index is 0.118. The number of hydrogen-bond donors (Lipinski definition) is 2. The Morgan fingerprint density at radius 1 is 1.25 bits per heavy atom. The van der Waals surface area contributed by atoms with Crippen molar-refractivity contribution in [1.29, 1.82) is 0 Å². The molecule has 0 spiro atoms. The van der Waals surface area contributed by atoms with Crippen LogP contribution in [0.15, 0.2) is 35.4 Å². The van der Waals surface area contributed by atoms with E-state index in [0.29, 0.717) is 17.1 Å². The van der Waals surface area contributed by atoms with Crippen molar-refractivity contribution in [2.45, 2.75) is 44.9 Å². The van der Waals surface area contributed by atoms with E-state index in [1.165, 1.54) is 12.3 Å². The molecule has 1 fully saturated rings. The van der Waals surface area contributed by atoms with Gasteiger partial charge in [-0.2, -0.15) is 0 Å². The number of carboxylic acids is 1. The Balaban J connectivity index is 1.73. The summed E-state index contributed by atoms with van der Waals surface area (Å²) >= 11 is 0. The molecule has 0 unspecified atom stereocenters. The highest BCUT2D eigenvalue weighted by Gasteiger charge is 2.28. The summed E-state index contributed by atoms with van der Waals surface area (Å²) in [5, 5.41) is 12.9. The molecule has 0 radical (unpaired) electrons. The van der Waals surface area contributed by atoms with E-state index in [1.54, 1.807) is 6.07 Å². The average molecular weight is 381 g/mol. The Hall–Kier alpha value is -2.93. The second-order valence-corrected chi connectivity index (χ2v) is 7.82. The van der Waals surface area contributed by atoms with Gasteiger partial charge in [0.1, 0.15) is 11.4 Å². The van der Waals surface area contributed by atoms with E-state index >= 15 is 0 Å². The topological polar surface area (TPSA) is 76.3 Å². The lowest BCUT2D eigenvalue weighted by molar-refractivity contribution is 0.0695. The van der Waals surface area contributed by atoms with Gasteiger partial charge in [0.05, 0.1) is 5.52 Å². The number of aromatic nitrogens is 2. The van der Waals surface area contributed by atoms with Gasteiger partial charge in [0, 0.05) is 59.8 Å². The third kappa shape index (κ3) is 2.65. The van der Waals surface area contributed by atoms with E-state index < -0.39 is 17.2 Å². The third-order valence-corrected chi connectivity index (χ3v) is 5.69. The number of rotatable bonds is 3. The fraction of sp³-hybridized carbons (Fsp3) is 0.333. The van der Waals surface area contributed by atoms with Crippen molar-refractivity contribution in [1.82, 2.24) is 14.5 Å². The summed E-state index contributed by atoms with van der Waals surface area (Å²) in [5.74, 6) is -1.80. The van der Waals surface area contributed by atoms with Crippen LogP contribution in [0.4, 0.5) is 4.39 Å². The highest BCUT2D eigenvalue weighted by molar-refractivity contribution is 5.94. The van der Waals surface area contributed by atoms with Crippen LogP contribution in [0.5, 0.6) is 0 Å². The molecule has 1 saturated carbocycles. The first kappa shape index (κ1) is 17.2. The lowest BCUT2D eigenvalue weighted by atomic mass is 10.0. The maximum absolute atomic E-state index is 15.0. The van der Waals surface area contributed by atoms with E-state index in [-0.39, 0.29) is 17.0 Å². The minimum atomic E-state index is -1.28. The zero-order valence-electron chi connectivity index (χ0n) is 15.4. The number of aromatic carboxylic acids is 1. The summed E-state index contributed by atoms with van der Waals surface area (Å²) in [6, 6.07) is 5.36. The molecule has 0 amide bonds. The van der Waals surface area contributed by atoms with Gasteiger partial charge in [0.25, 0.3) is 0 Å². The van der Waals surface area contributed by atoms with E-state index in [9.17, 15) is 19.1 Å². The van der Waals surface area contributed by atoms with E-state index in [1.807, 2.05) is 16.8 Å². The molecule has 0 saturated heterocycles. The van der Waals surface area contributed by atoms with Crippen molar-refractivity contribution in [3.8, 4) is 11.1 Å². The van der Waals surface area contributed by atoms with Crippen LogP contribution in [0, 0.1) is 5.82 Å². The van der Waals surface area contributed by atoms with Gasteiger partial charge in [-0.25, -0.2) is 9.18 Å². The van der Waals surface area contributed by atoms with Gasteiger partial charge in [-0.15, -0.1) is 0 Å². The van der Waals surface area contributed by atoms with Gasteiger partial charge in [0.15, 0.2) is 0 Å². The minimum Gasteiger partial charge on any atom is -0.477 e. The molecule has 3 heterocycles. The molecule has 7 heteroatoms. The lowest BCUT2D eigenvalue weighted by Crippen LogP contribution is -2.35. The van der Waals surface area contributed by atoms with Crippen LogP contribution in [-0.2, 0) is 13.1 Å². The van der Waals surface area contributed by atoms with Crippen molar-refractivity contribution in [2.75, 3.05) is 0 Å². The Labute approximate surface area is 160 Å². The predicted molar refractivity (Wildman–Crippen MR) is 103 cm³/mol. The fourth-order valence-electron chi connectivity index (χ4n) is 4.06. The Morgan fingerprint density at radius 3 is 2.75 bits per heavy atom. The second-order valence-electron chi connectivity index (χ2n) is 7.82. The average Bonchev–Trinajstić information content (AvgIpc) is 3.41. The summed E-state index contributed by atoms with van der Waals surface area (Å²) in [4.78, 5) is 24.0. The summed E-state index contributed by atoms with van der Waals surface area (Å²) in [6.07, 6.45) is 5.20. The Kier molecular flexibility index (Phi) is 3.71. The van der Waals surface area contributed by atoms with E-state index in [4.69, 9.17) is 0 Å². The zero-order chi connectivity index (χ0) is 19.6. The molecule has 1 aromatic carbocycles. The standard InChI is InChI=1S/C21H20FN3O3/c1-11-8-24-9-12(4-14(24)7-23-11)15-6-19-16(5-18(15)22)20(26)17(21(27)28)10-25(19)13-2-3-13/h4-6,9-11,13,23H,2-3,7-8H2,1H3,(H,27,28)/t11-/m0/s1. The van der Waals surface area contributed by atoms with Crippen LogP contribution in [0.25, 0.3) is 22.0 Å². The first-order valence-electron chi connectivity index (χ1n) is 9.47. The molecule has 28 heavy (non-hydrogen) atoms. The number of hydrogen-bond acceptors (Lipinski definition) is 3. The van der Waals surface area contributed by atoms with E-state index in [2.05, 4.69) is 16.8 Å². The van der Waals surface area contributed by atoms with Crippen molar-refractivity contribution in [3.05, 3.63) is 57.9 Å². The monoisotopic (exact) mass is 381 g/mol. The quantitative estimate of drug-likeness (QED) is 0.731. The molecule has 144 valence electrons. The van der Waals surface area contributed by atoms with Crippen LogP contribution in [0.1, 0.15) is 41.9 Å². The molecule has 5 rings (SSSR count). The number of carboxylic acid groups (broad SMARTS) is 1. The second kappa shape index (κ2) is 6.04. The summed E-state index contributed by atoms with van der Waals surface area (Å²) < 4.78 is 18.9. The number of nitrogens with one attached hydrogen (secondary N) is 1. The van der Waals surface area contributed by atoms with Gasteiger partial charge in [0.2, 0.25) is 5.43 Å². The highest BCUT2D eigenvalue weighted by atomic mass is 19.1. The van der Waals surface area contributed by atoms with Gasteiger partial charge in [-0.1, -0.05) is 0 Å². The summed E-state index contributed by atoms with van der Waals surface area (Å²) in [5.41, 5.74) is 1.92. The molecule has 2 aliphatic rings. The van der Waals surface area contributed by atoms with Crippen molar-refractivity contribution >= 4 is 16.9 Å². The number of pyridine rings is 1. The molecular weight excluding hydrogens is 361 g/mol. The number of carbonyl (C=O) groups is 1. The van der Waals surface area contributed by atoms with Gasteiger partial charge < -0.3 is 19.6 Å². The fourth-order valence-corrected chi connectivity index (χ4v) is 4.06. The van der Waals surface area contributed by atoms with Gasteiger partial charge >= 0.3 is 5.97 Å². The smallest absolute Gasteiger partial charge is 0.341 e. The van der Waals surface area contributed by atoms with Crippen molar-refractivity contribution in [3.63, 3.8) is 0 Å². The first-order valence-corrected chi connectivity index (χ1v) is 9.47. The largest absolute Gasteiger partial charge is 0.477 e. The summed E-state index contributed by atoms with van der Waals surface area (Å²) in [6.45, 7) is 3.65. The first-order chi connectivity index (χ1) is 13.4. The number of halogens is 1. The molecule has 1 aliphatic heterocycles. The van der Waals surface area contributed by atoms with Crippen LogP contribution < -0.4 is 10.7 Å². The number of benzene rings is 1. The van der Waals surface area contributed by atoms with Gasteiger partial charge in [-0.05, 0) is 38.0 Å². The van der Waals surface area contributed by atoms with Crippen LogP contribution in [0.2, 0.25) is 0 Å². The SMILES string of the molecule is C[C@H]1Cn2cc(-c3cc4c(cc3F)c(=O)c(C(=O)O)cn4C3CC3)cc2CN1. The molecule has 2 aromatic heterocycles. The Morgan fingerprint density at radius 2 is 2.04 bits per heavy atom. The van der Waals surface area contributed by atoms with Crippen molar-refractivity contribution < 1.29 is 14.3 Å². The molecule has 3 aromatic rings. The zero-order valence-corrected chi connectivity index (χ0v) is 15.4. The molecule has 1 aliphatic carbocycles. The maximum atomic E-state index is 15.0. The molecular formula is C21H20FN3O3. The van der Waals surface area contributed by atoms with Crippen LogP contribution in [-0.4, -0.2) is 26.3 Å². The predicted octanol–water partition coefficient (Wildman–Crippen LogP) is 3.13. The summed E-state index contributed by atoms with van der Waals surface area (Å²) in [7, 11) is 0. The lowest BCUT2D eigenvalue weighted by Gasteiger charge is -2.22. The molecule has 1 atom stereocenters. The van der Waals surface area contributed by atoms with Crippen molar-refractivity contribution in [2.24, 2.45) is 0 Å².